The number of rotatable bonds is 11. The molecule has 1 saturated carbocycles. The lowest BCUT2D eigenvalue weighted by Crippen LogP contribution is -2.21. The van der Waals surface area contributed by atoms with Crippen molar-refractivity contribution >= 4 is 20.4 Å². The molecule has 1 aromatic carbocycles. The predicted octanol–water partition coefficient (Wildman–Crippen LogP) is 9.47. The fraction of sp³-hybridized carbons (Fsp3) is 0.778. The molecule has 0 amide bonds. The van der Waals surface area contributed by atoms with E-state index in [1.807, 2.05) is 12.1 Å². The number of unbranched alkanes of at least 4 members (excludes halogenated alkanes) is 3. The minimum atomic E-state index is -0.390. The van der Waals surface area contributed by atoms with E-state index in [4.69, 9.17) is 11.6 Å². The summed E-state index contributed by atoms with van der Waals surface area (Å²) in [5.74, 6) is 2.50. The third-order valence-corrected chi connectivity index (χ3v) is 12.0. The van der Waals surface area contributed by atoms with Gasteiger partial charge in [0.05, 0.1) is 0 Å². The molecule has 0 aromatic heterocycles. The predicted molar refractivity (Wildman–Crippen MR) is 133 cm³/mol. The van der Waals surface area contributed by atoms with Gasteiger partial charge in [-0.1, -0.05) is 101 Å². The van der Waals surface area contributed by atoms with Crippen molar-refractivity contribution in [1.82, 2.24) is 0 Å². The molecule has 2 aliphatic rings. The second-order valence-corrected chi connectivity index (χ2v) is 14.3. The summed E-state index contributed by atoms with van der Waals surface area (Å²) in [6.07, 6.45) is 18.4. The summed E-state index contributed by atoms with van der Waals surface area (Å²) < 4.78 is 13.4. The van der Waals surface area contributed by atoms with Gasteiger partial charge in [0.25, 0.3) is 0 Å². The monoisotopic (exact) mass is 450 g/mol. The van der Waals surface area contributed by atoms with Gasteiger partial charge in [-0.05, 0) is 66.7 Å². The molecule has 1 aliphatic carbocycles. The van der Waals surface area contributed by atoms with E-state index in [1.54, 1.807) is 31.0 Å². The van der Waals surface area contributed by atoms with E-state index < -0.39 is 0 Å². The molecule has 1 aliphatic heterocycles. The Morgan fingerprint density at radius 2 is 1.57 bits per heavy atom. The van der Waals surface area contributed by atoms with E-state index >= 15 is 0 Å². The smallest absolute Gasteiger partial charge is 0.115 e. The van der Waals surface area contributed by atoms with Crippen molar-refractivity contribution in [3.05, 3.63) is 34.3 Å². The molecule has 1 heterocycles. The average Bonchev–Trinajstić information content (AvgIpc) is 2.78. The molecule has 0 unspecified atom stereocenters. The van der Waals surface area contributed by atoms with Crippen LogP contribution in [-0.2, 0) is 6.67 Å². The van der Waals surface area contributed by atoms with Crippen LogP contribution in [-0.4, -0.2) is 8.80 Å². The number of benzene rings is 1. The molecule has 3 heteroatoms. The van der Waals surface area contributed by atoms with Crippen LogP contribution >= 0.6 is 11.6 Å². The van der Waals surface area contributed by atoms with E-state index in [-0.39, 0.29) is 15.5 Å². The fourth-order valence-corrected chi connectivity index (χ4v) is 10.0. The van der Waals surface area contributed by atoms with Crippen molar-refractivity contribution in [3.63, 3.8) is 0 Å². The first-order valence-electron chi connectivity index (χ1n) is 13.0. The van der Waals surface area contributed by atoms with Crippen LogP contribution in [0.15, 0.2) is 18.2 Å². The quantitative estimate of drug-likeness (QED) is 0.232. The zero-order valence-electron chi connectivity index (χ0n) is 19.3. The highest BCUT2D eigenvalue weighted by atomic mass is 35.5. The Morgan fingerprint density at radius 1 is 0.900 bits per heavy atom. The number of halogens is 2. The lowest BCUT2D eigenvalue weighted by atomic mass is 9.76. The Balaban J connectivity index is 1.27. The summed E-state index contributed by atoms with van der Waals surface area (Å²) >= 11 is 6.05. The number of hydrogen-bond donors (Lipinski definition) is 0. The first-order chi connectivity index (χ1) is 14.7. The van der Waals surface area contributed by atoms with Crippen molar-refractivity contribution in [1.29, 1.82) is 0 Å². The summed E-state index contributed by atoms with van der Waals surface area (Å²) in [5.41, 5.74) is 2.03. The van der Waals surface area contributed by atoms with E-state index in [1.165, 1.54) is 76.2 Å². The summed E-state index contributed by atoms with van der Waals surface area (Å²) in [6.45, 7) is 1.94. The molecule has 0 atom stereocenters. The molecule has 0 radical (unpaired) electrons. The van der Waals surface area contributed by atoms with Crippen molar-refractivity contribution < 1.29 is 4.39 Å². The number of hydrogen-bond acceptors (Lipinski definition) is 0. The van der Waals surface area contributed by atoms with Crippen molar-refractivity contribution in [2.24, 2.45) is 11.8 Å². The van der Waals surface area contributed by atoms with Crippen molar-refractivity contribution in [3.8, 4) is 0 Å². The van der Waals surface area contributed by atoms with E-state index in [2.05, 4.69) is 13.0 Å². The second-order valence-electron chi connectivity index (χ2n) is 10.4. The Labute approximate surface area is 192 Å². The summed E-state index contributed by atoms with van der Waals surface area (Å²) in [4.78, 5) is 0. The maximum Gasteiger partial charge on any atom is 0.115 e. The second kappa shape index (κ2) is 13.3. The molecule has 170 valence electrons. The normalized spacial score (nSPS) is 27.3. The van der Waals surface area contributed by atoms with Crippen LogP contribution in [0.5, 0.6) is 0 Å². The molecule has 0 bridgehead atoms. The SMILES string of the molecule is CCCCC[SiH]1CCC(CCCCC2CCC(c3ccc(Cl)cc3CF)CC2)CC1. The lowest BCUT2D eigenvalue weighted by Gasteiger charge is -2.30. The van der Waals surface area contributed by atoms with Crippen LogP contribution < -0.4 is 0 Å². The highest BCUT2D eigenvalue weighted by Gasteiger charge is 2.25. The minimum Gasteiger partial charge on any atom is -0.246 e. The largest absolute Gasteiger partial charge is 0.246 e. The van der Waals surface area contributed by atoms with Crippen LogP contribution in [0.1, 0.15) is 107 Å². The molecule has 0 spiro atoms. The topological polar surface area (TPSA) is 0 Å². The molecule has 0 nitrogen and oxygen atoms in total. The summed E-state index contributed by atoms with van der Waals surface area (Å²) in [7, 11) is -0.333. The number of alkyl halides is 1. The summed E-state index contributed by atoms with van der Waals surface area (Å²) in [5, 5.41) is 0.660. The van der Waals surface area contributed by atoms with Crippen LogP contribution in [0.25, 0.3) is 0 Å². The molecule has 0 N–H and O–H groups in total. The Hall–Kier alpha value is -0.343. The van der Waals surface area contributed by atoms with Gasteiger partial charge in [0.1, 0.15) is 6.67 Å². The van der Waals surface area contributed by atoms with Gasteiger partial charge in [-0.25, -0.2) is 4.39 Å². The Kier molecular flexibility index (Phi) is 10.7. The maximum atomic E-state index is 13.4. The van der Waals surface area contributed by atoms with Crippen LogP contribution in [0.4, 0.5) is 4.39 Å². The van der Waals surface area contributed by atoms with Crippen LogP contribution in [0.3, 0.4) is 0 Å². The van der Waals surface area contributed by atoms with Crippen molar-refractivity contribution in [2.45, 2.75) is 121 Å². The zero-order valence-corrected chi connectivity index (χ0v) is 21.2. The zero-order chi connectivity index (χ0) is 21.2. The highest BCUT2D eigenvalue weighted by Crippen LogP contribution is 2.40. The first-order valence-corrected chi connectivity index (χ1v) is 15.9. The summed E-state index contributed by atoms with van der Waals surface area (Å²) in [6, 6.07) is 10.7. The molecule has 1 aromatic rings. The van der Waals surface area contributed by atoms with Gasteiger partial charge in [0, 0.05) is 13.8 Å². The lowest BCUT2D eigenvalue weighted by molar-refractivity contribution is 0.295. The average molecular weight is 451 g/mol. The first kappa shape index (κ1) is 24.3. The van der Waals surface area contributed by atoms with Gasteiger partial charge in [0.15, 0.2) is 0 Å². The Bertz CT molecular complexity index is 603. The molecular weight excluding hydrogens is 407 g/mol. The molecule has 30 heavy (non-hydrogen) atoms. The fourth-order valence-electron chi connectivity index (χ4n) is 6.21. The van der Waals surface area contributed by atoms with Gasteiger partial charge in [-0.2, -0.15) is 0 Å². The molecular formula is C27H44ClFSi. The van der Waals surface area contributed by atoms with Gasteiger partial charge in [-0.15, -0.1) is 0 Å². The third-order valence-electron chi connectivity index (χ3n) is 8.19. The van der Waals surface area contributed by atoms with E-state index in [9.17, 15) is 4.39 Å². The van der Waals surface area contributed by atoms with Gasteiger partial charge in [-0.3, -0.25) is 0 Å². The third kappa shape index (κ3) is 7.66. The standard InChI is InChI=1S/C27H44ClFSi/c1-2-3-6-17-30-18-15-23(16-19-30)8-5-4-7-22-9-11-24(12-10-22)27-14-13-26(28)20-25(27)21-29/h13-14,20,22-24,30H,2-12,15-19,21H2,1H3. The van der Waals surface area contributed by atoms with Gasteiger partial charge >= 0.3 is 0 Å². The molecule has 1 saturated heterocycles. The molecule has 3 rings (SSSR count). The highest BCUT2D eigenvalue weighted by molar-refractivity contribution is 6.58. The maximum absolute atomic E-state index is 13.4. The van der Waals surface area contributed by atoms with Crippen molar-refractivity contribution in [2.75, 3.05) is 0 Å². The minimum absolute atomic E-state index is 0.333. The van der Waals surface area contributed by atoms with Gasteiger partial charge in [0.2, 0.25) is 0 Å². The van der Waals surface area contributed by atoms with Crippen LogP contribution in [0.2, 0.25) is 23.2 Å². The van der Waals surface area contributed by atoms with E-state index in [0.29, 0.717) is 10.9 Å². The molecule has 2 fully saturated rings. The Morgan fingerprint density at radius 3 is 2.20 bits per heavy atom. The van der Waals surface area contributed by atoms with Crippen LogP contribution in [0, 0.1) is 11.8 Å². The van der Waals surface area contributed by atoms with E-state index in [0.717, 1.165) is 17.4 Å². The van der Waals surface area contributed by atoms with Gasteiger partial charge < -0.3 is 0 Å².